The second kappa shape index (κ2) is 11.1. The van der Waals surface area contributed by atoms with Crippen molar-refractivity contribution in [2.45, 2.75) is 93.8 Å². The van der Waals surface area contributed by atoms with Crippen LogP contribution in [0.5, 0.6) is 0 Å². The maximum atomic E-state index is 13.2. The Hall–Kier alpha value is -0.150. The van der Waals surface area contributed by atoms with Crippen LogP contribution in [0.1, 0.15) is 77.0 Å². The highest BCUT2D eigenvalue weighted by Gasteiger charge is 2.27. The quantitative estimate of drug-likeness (QED) is 0.347. The molecule has 0 radical (unpaired) electrons. The predicted octanol–water partition coefficient (Wildman–Crippen LogP) is 6.73. The lowest BCUT2D eigenvalue weighted by Gasteiger charge is -2.29. The third kappa shape index (κ3) is 7.31. The lowest BCUT2D eigenvalue weighted by Crippen LogP contribution is -2.28. The van der Waals surface area contributed by atoms with E-state index in [0.29, 0.717) is 28.4 Å². The summed E-state index contributed by atoms with van der Waals surface area (Å²) in [7, 11) is -0.656. The lowest BCUT2D eigenvalue weighted by molar-refractivity contribution is 0.226. The summed E-state index contributed by atoms with van der Waals surface area (Å²) in [6.45, 7) is 0. The summed E-state index contributed by atoms with van der Waals surface area (Å²) < 4.78 is 25.9. The van der Waals surface area contributed by atoms with E-state index in [1.54, 1.807) is 0 Å². The van der Waals surface area contributed by atoms with Crippen LogP contribution in [0.2, 0.25) is 0 Å². The summed E-state index contributed by atoms with van der Waals surface area (Å²) in [6.07, 6.45) is 20.9. The van der Waals surface area contributed by atoms with Crippen molar-refractivity contribution in [3.05, 3.63) is 24.3 Å². The van der Waals surface area contributed by atoms with E-state index in [4.69, 9.17) is 11.6 Å². The fourth-order valence-corrected chi connectivity index (χ4v) is 7.03. The van der Waals surface area contributed by atoms with Gasteiger partial charge in [-0.05, 0) is 94.8 Å². The maximum absolute atomic E-state index is 13.2. The SMILES string of the molecule is O=[S@](CC1CCC(Cl)CC1)C1CCC(/C=C/C=C/C2CCC(F)CC2)CC1. The molecule has 154 valence electrons. The molecule has 3 aliphatic rings. The smallest absolute Gasteiger partial charge is 0.100 e. The third-order valence-electron chi connectivity index (χ3n) is 6.85. The van der Waals surface area contributed by atoms with Crippen LogP contribution in [0.3, 0.4) is 0 Å². The maximum Gasteiger partial charge on any atom is 0.100 e. The molecule has 3 rings (SSSR count). The van der Waals surface area contributed by atoms with Gasteiger partial charge in [-0.1, -0.05) is 24.3 Å². The van der Waals surface area contributed by atoms with Gasteiger partial charge in [0.2, 0.25) is 0 Å². The fraction of sp³-hybridized carbons (Fsp3) is 0.826. The van der Waals surface area contributed by atoms with E-state index in [1.807, 2.05) is 0 Å². The topological polar surface area (TPSA) is 17.1 Å². The van der Waals surface area contributed by atoms with Crippen LogP contribution in [-0.4, -0.2) is 26.8 Å². The molecular weight excluding hydrogens is 379 g/mol. The van der Waals surface area contributed by atoms with Crippen LogP contribution < -0.4 is 0 Å². The first kappa shape index (κ1) is 21.6. The highest BCUT2D eigenvalue weighted by Crippen LogP contribution is 2.32. The Morgan fingerprint density at radius 2 is 1.30 bits per heavy atom. The van der Waals surface area contributed by atoms with Crippen molar-refractivity contribution in [3.63, 3.8) is 0 Å². The molecular formula is C23H36ClFOS. The Balaban J connectivity index is 1.33. The van der Waals surface area contributed by atoms with Gasteiger partial charge in [-0.25, -0.2) is 4.39 Å². The van der Waals surface area contributed by atoms with E-state index >= 15 is 0 Å². The molecule has 0 aliphatic heterocycles. The molecule has 4 heteroatoms. The van der Waals surface area contributed by atoms with Crippen LogP contribution in [0, 0.1) is 17.8 Å². The second-order valence-electron chi connectivity index (χ2n) is 8.98. The average Bonchev–Trinajstić information content (AvgIpc) is 2.69. The minimum Gasteiger partial charge on any atom is -0.259 e. The summed E-state index contributed by atoms with van der Waals surface area (Å²) in [5.41, 5.74) is 0. The minimum absolute atomic E-state index is 0.352. The molecule has 0 N–H and O–H groups in total. The first-order valence-corrected chi connectivity index (χ1v) is 12.9. The number of alkyl halides is 2. The van der Waals surface area contributed by atoms with Crippen LogP contribution in [-0.2, 0) is 10.8 Å². The first-order chi connectivity index (χ1) is 13.1. The Labute approximate surface area is 172 Å². The van der Waals surface area contributed by atoms with Crippen molar-refractivity contribution in [2.75, 3.05) is 5.75 Å². The van der Waals surface area contributed by atoms with Gasteiger partial charge in [-0.3, -0.25) is 4.21 Å². The highest BCUT2D eigenvalue weighted by molar-refractivity contribution is 7.85. The first-order valence-electron chi connectivity index (χ1n) is 11.1. The van der Waals surface area contributed by atoms with Gasteiger partial charge in [0, 0.05) is 27.2 Å². The van der Waals surface area contributed by atoms with Crippen LogP contribution >= 0.6 is 11.6 Å². The van der Waals surface area contributed by atoms with Crippen molar-refractivity contribution >= 4 is 22.4 Å². The fourth-order valence-electron chi connectivity index (χ4n) is 4.91. The lowest BCUT2D eigenvalue weighted by atomic mass is 9.87. The number of allylic oxidation sites excluding steroid dienone is 4. The Morgan fingerprint density at radius 1 is 0.778 bits per heavy atom. The van der Waals surface area contributed by atoms with Crippen LogP contribution in [0.4, 0.5) is 4.39 Å². The van der Waals surface area contributed by atoms with Crippen molar-refractivity contribution < 1.29 is 8.60 Å². The summed E-state index contributed by atoms with van der Waals surface area (Å²) in [6, 6.07) is 0. The summed E-state index contributed by atoms with van der Waals surface area (Å²) in [4.78, 5) is 0. The van der Waals surface area contributed by atoms with Crippen molar-refractivity contribution in [3.8, 4) is 0 Å². The molecule has 3 fully saturated rings. The largest absolute Gasteiger partial charge is 0.259 e. The molecule has 0 unspecified atom stereocenters. The molecule has 0 heterocycles. The molecule has 0 bridgehead atoms. The number of halogens is 2. The summed E-state index contributed by atoms with van der Waals surface area (Å²) >= 11 is 6.18. The van der Waals surface area contributed by atoms with Gasteiger partial charge in [-0.2, -0.15) is 0 Å². The van der Waals surface area contributed by atoms with E-state index in [1.165, 1.54) is 12.8 Å². The van der Waals surface area contributed by atoms with Gasteiger partial charge < -0.3 is 0 Å². The van der Waals surface area contributed by atoms with E-state index in [-0.39, 0.29) is 0 Å². The Kier molecular flexibility index (Phi) is 8.90. The second-order valence-corrected chi connectivity index (χ2v) is 11.4. The van der Waals surface area contributed by atoms with Crippen LogP contribution in [0.15, 0.2) is 24.3 Å². The monoisotopic (exact) mass is 414 g/mol. The number of rotatable bonds is 6. The molecule has 0 aromatic carbocycles. The highest BCUT2D eigenvalue weighted by atomic mass is 35.5. The molecule has 3 aliphatic carbocycles. The Bertz CT molecular complexity index is 510. The number of hydrogen-bond donors (Lipinski definition) is 0. The van der Waals surface area contributed by atoms with Gasteiger partial charge >= 0.3 is 0 Å². The molecule has 3 saturated carbocycles. The van der Waals surface area contributed by atoms with E-state index in [2.05, 4.69) is 24.3 Å². The standard InChI is InChI=1S/C23H36ClFOS/c24-21-11-5-20(6-12-21)17-27(26)23-15-9-19(10-16-23)4-2-1-3-18-7-13-22(25)14-8-18/h1-4,18-23H,5-17H2/b3-1+,4-2+/t18?,19?,20?,21?,22?,23?,27-/m1/s1. The van der Waals surface area contributed by atoms with E-state index in [9.17, 15) is 8.60 Å². The predicted molar refractivity (Wildman–Crippen MR) is 115 cm³/mol. The third-order valence-corrected chi connectivity index (χ3v) is 9.30. The molecule has 0 aromatic rings. The van der Waals surface area contributed by atoms with Gasteiger partial charge in [0.15, 0.2) is 0 Å². The van der Waals surface area contributed by atoms with Crippen molar-refractivity contribution in [1.29, 1.82) is 0 Å². The molecule has 0 aromatic heterocycles. The molecule has 0 saturated heterocycles. The molecule has 1 atom stereocenters. The normalized spacial score (nSPS) is 39.8. The zero-order chi connectivity index (χ0) is 19.1. The van der Waals surface area contributed by atoms with Crippen molar-refractivity contribution in [2.24, 2.45) is 17.8 Å². The Morgan fingerprint density at radius 3 is 1.85 bits per heavy atom. The zero-order valence-electron chi connectivity index (χ0n) is 16.5. The van der Waals surface area contributed by atoms with E-state index < -0.39 is 17.0 Å². The van der Waals surface area contributed by atoms with Crippen molar-refractivity contribution in [1.82, 2.24) is 0 Å². The molecule has 0 spiro atoms. The minimum atomic E-state index is -0.656. The van der Waals surface area contributed by atoms with Crippen LogP contribution in [0.25, 0.3) is 0 Å². The average molecular weight is 415 g/mol. The molecule has 27 heavy (non-hydrogen) atoms. The summed E-state index contributed by atoms with van der Waals surface area (Å²) in [5, 5.41) is 0.763. The van der Waals surface area contributed by atoms with Gasteiger partial charge in [0.05, 0.1) is 0 Å². The van der Waals surface area contributed by atoms with Gasteiger partial charge in [0.25, 0.3) is 0 Å². The zero-order valence-corrected chi connectivity index (χ0v) is 18.1. The number of hydrogen-bond acceptors (Lipinski definition) is 1. The molecule has 1 nitrogen and oxygen atoms in total. The molecule has 0 amide bonds. The van der Waals surface area contributed by atoms with Gasteiger partial charge in [-0.15, -0.1) is 11.6 Å². The van der Waals surface area contributed by atoms with E-state index in [0.717, 1.165) is 70.0 Å². The van der Waals surface area contributed by atoms with Gasteiger partial charge in [0.1, 0.15) is 6.17 Å². The summed E-state index contributed by atoms with van der Waals surface area (Å²) in [5.74, 6) is 2.74.